The first-order chi connectivity index (χ1) is 15.6. The topological polar surface area (TPSA) is 73.2 Å². The van der Waals surface area contributed by atoms with Crippen molar-refractivity contribution in [3.8, 4) is 16.9 Å². The Bertz CT molecular complexity index is 1280. The van der Waals surface area contributed by atoms with E-state index in [-0.39, 0.29) is 18.0 Å². The molecule has 7 heteroatoms. The minimum Gasteiger partial charge on any atom is -0.494 e. The van der Waals surface area contributed by atoms with Crippen molar-refractivity contribution in [1.82, 2.24) is 14.9 Å². The van der Waals surface area contributed by atoms with Gasteiger partial charge in [0.05, 0.1) is 18.3 Å². The van der Waals surface area contributed by atoms with Crippen molar-refractivity contribution in [2.75, 3.05) is 13.2 Å². The molecule has 0 aliphatic heterocycles. The molecule has 0 unspecified atom stereocenters. The lowest BCUT2D eigenvalue weighted by atomic mass is 10.0. The zero-order valence-corrected chi connectivity index (χ0v) is 18.9. The summed E-state index contributed by atoms with van der Waals surface area (Å²) < 4.78 is 6.90. The molecule has 6 nitrogen and oxygen atoms in total. The minimum atomic E-state index is -0.209. The molecule has 0 atom stereocenters. The van der Waals surface area contributed by atoms with E-state index in [0.29, 0.717) is 23.4 Å². The van der Waals surface area contributed by atoms with Gasteiger partial charge in [-0.15, -0.1) is 11.3 Å². The Morgan fingerprint density at radius 3 is 2.59 bits per heavy atom. The molecular weight excluding hydrogens is 422 g/mol. The zero-order chi connectivity index (χ0) is 22.5. The van der Waals surface area contributed by atoms with E-state index >= 15 is 0 Å². The van der Waals surface area contributed by atoms with Crippen molar-refractivity contribution >= 4 is 27.5 Å². The first-order valence-electron chi connectivity index (χ1n) is 10.6. The Morgan fingerprint density at radius 2 is 1.88 bits per heavy atom. The number of aryl methyl sites for hydroxylation is 1. The van der Waals surface area contributed by atoms with E-state index in [2.05, 4.69) is 10.3 Å². The van der Waals surface area contributed by atoms with Crippen LogP contribution in [0, 0.1) is 6.92 Å². The molecule has 0 aliphatic carbocycles. The largest absolute Gasteiger partial charge is 0.494 e. The summed E-state index contributed by atoms with van der Waals surface area (Å²) >= 11 is 1.49. The summed E-state index contributed by atoms with van der Waals surface area (Å²) in [4.78, 5) is 31.8. The monoisotopic (exact) mass is 447 g/mol. The first-order valence-corrected chi connectivity index (χ1v) is 11.4. The third kappa shape index (κ3) is 4.73. The van der Waals surface area contributed by atoms with E-state index in [1.807, 2.05) is 68.4 Å². The average Bonchev–Trinajstić information content (AvgIpc) is 3.14. The van der Waals surface area contributed by atoms with E-state index in [9.17, 15) is 9.59 Å². The van der Waals surface area contributed by atoms with Gasteiger partial charge in [0.15, 0.2) is 0 Å². The van der Waals surface area contributed by atoms with Gasteiger partial charge in [0, 0.05) is 17.0 Å². The highest BCUT2D eigenvalue weighted by Crippen LogP contribution is 2.36. The maximum Gasteiger partial charge on any atom is 0.263 e. The lowest BCUT2D eigenvalue weighted by Gasteiger charge is -2.09. The number of nitrogens with zero attached hydrogens (tertiary/aromatic N) is 2. The van der Waals surface area contributed by atoms with Gasteiger partial charge in [0.2, 0.25) is 5.91 Å². The molecule has 0 radical (unpaired) electrons. The van der Waals surface area contributed by atoms with Crippen LogP contribution in [0.4, 0.5) is 0 Å². The quantitative estimate of drug-likeness (QED) is 0.440. The van der Waals surface area contributed by atoms with Crippen LogP contribution in [0.1, 0.15) is 17.4 Å². The number of thiophene rings is 1. The van der Waals surface area contributed by atoms with Crippen molar-refractivity contribution in [2.45, 2.75) is 26.8 Å². The van der Waals surface area contributed by atoms with Gasteiger partial charge in [-0.05, 0) is 43.5 Å². The van der Waals surface area contributed by atoms with Gasteiger partial charge in [-0.3, -0.25) is 14.2 Å². The van der Waals surface area contributed by atoms with Crippen LogP contribution in [-0.4, -0.2) is 28.6 Å². The molecule has 0 saturated heterocycles. The maximum absolute atomic E-state index is 13.3. The lowest BCUT2D eigenvalue weighted by Crippen LogP contribution is -2.33. The van der Waals surface area contributed by atoms with Gasteiger partial charge in [0.25, 0.3) is 5.56 Å². The normalized spacial score (nSPS) is 10.9. The summed E-state index contributed by atoms with van der Waals surface area (Å²) in [6.45, 7) is 4.98. The number of benzene rings is 2. The summed E-state index contributed by atoms with van der Waals surface area (Å²) in [7, 11) is 0. The number of ether oxygens (including phenoxy) is 1. The molecule has 4 rings (SSSR count). The van der Waals surface area contributed by atoms with Crippen LogP contribution in [0.3, 0.4) is 0 Å². The van der Waals surface area contributed by atoms with E-state index in [1.54, 1.807) is 0 Å². The predicted molar refractivity (Wildman–Crippen MR) is 128 cm³/mol. The first kappa shape index (κ1) is 21.8. The molecule has 2 aromatic heterocycles. The van der Waals surface area contributed by atoms with Crippen molar-refractivity contribution < 1.29 is 9.53 Å². The molecule has 0 saturated carbocycles. The Kier molecular flexibility index (Phi) is 6.66. The van der Waals surface area contributed by atoms with Crippen molar-refractivity contribution in [2.24, 2.45) is 0 Å². The van der Waals surface area contributed by atoms with E-state index in [1.165, 1.54) is 22.2 Å². The number of carbonyl (C=O) groups is 1. The number of fused-ring (bicyclic) bond motifs is 1. The molecule has 1 N–H and O–H groups in total. The highest BCUT2D eigenvalue weighted by Gasteiger charge is 2.18. The summed E-state index contributed by atoms with van der Waals surface area (Å²) in [5, 5.41) is 3.44. The fourth-order valence-corrected chi connectivity index (χ4v) is 4.69. The summed E-state index contributed by atoms with van der Waals surface area (Å²) in [5.41, 5.74) is 2.74. The number of carbonyl (C=O) groups excluding carboxylic acids is 1. The highest BCUT2D eigenvalue weighted by atomic mass is 32.1. The molecule has 4 aromatic rings. The van der Waals surface area contributed by atoms with Crippen LogP contribution in [0.25, 0.3) is 21.3 Å². The SMILES string of the molecule is CCOc1ccc(-c2c(C)sc3ncn(CC(=O)NCCc4ccccc4)c(=O)c23)cc1. The maximum atomic E-state index is 13.3. The van der Waals surface area contributed by atoms with Crippen LogP contribution in [-0.2, 0) is 17.8 Å². The molecule has 2 aromatic carbocycles. The van der Waals surface area contributed by atoms with Crippen LogP contribution in [0.15, 0.2) is 65.7 Å². The van der Waals surface area contributed by atoms with E-state index in [4.69, 9.17) is 4.74 Å². The molecule has 1 amide bonds. The van der Waals surface area contributed by atoms with E-state index in [0.717, 1.165) is 33.7 Å². The van der Waals surface area contributed by atoms with Crippen LogP contribution in [0.5, 0.6) is 5.75 Å². The zero-order valence-electron chi connectivity index (χ0n) is 18.1. The van der Waals surface area contributed by atoms with Gasteiger partial charge in [-0.25, -0.2) is 4.98 Å². The number of aromatic nitrogens is 2. The molecule has 0 bridgehead atoms. The molecule has 2 heterocycles. The molecular formula is C25H25N3O3S. The Labute approximate surface area is 190 Å². The third-order valence-corrected chi connectivity index (χ3v) is 6.21. The van der Waals surface area contributed by atoms with Crippen LogP contribution < -0.4 is 15.6 Å². The number of amides is 1. The fourth-order valence-electron chi connectivity index (χ4n) is 3.68. The van der Waals surface area contributed by atoms with Crippen LogP contribution in [0.2, 0.25) is 0 Å². The summed E-state index contributed by atoms with van der Waals surface area (Å²) in [5.74, 6) is 0.579. The molecule has 0 fully saturated rings. The minimum absolute atomic E-state index is 0.0613. The number of nitrogens with one attached hydrogen (secondary N) is 1. The van der Waals surface area contributed by atoms with Gasteiger partial charge in [-0.2, -0.15) is 0 Å². The van der Waals surface area contributed by atoms with Crippen molar-refractivity contribution in [3.05, 3.63) is 81.7 Å². The molecule has 164 valence electrons. The predicted octanol–water partition coefficient (Wildman–Crippen LogP) is 4.19. The Hall–Kier alpha value is -3.45. The second-order valence-corrected chi connectivity index (χ2v) is 8.64. The number of rotatable bonds is 8. The highest BCUT2D eigenvalue weighted by molar-refractivity contribution is 7.19. The summed E-state index contributed by atoms with van der Waals surface area (Å²) in [6.07, 6.45) is 2.20. The fraction of sp³-hybridized carbons (Fsp3) is 0.240. The van der Waals surface area contributed by atoms with Gasteiger partial charge >= 0.3 is 0 Å². The smallest absolute Gasteiger partial charge is 0.263 e. The van der Waals surface area contributed by atoms with Crippen LogP contribution >= 0.6 is 11.3 Å². The van der Waals surface area contributed by atoms with Gasteiger partial charge in [0.1, 0.15) is 17.1 Å². The number of hydrogen-bond donors (Lipinski definition) is 1. The van der Waals surface area contributed by atoms with Gasteiger partial charge < -0.3 is 10.1 Å². The molecule has 32 heavy (non-hydrogen) atoms. The van der Waals surface area contributed by atoms with E-state index < -0.39 is 0 Å². The second-order valence-electron chi connectivity index (χ2n) is 7.43. The van der Waals surface area contributed by atoms with Crippen molar-refractivity contribution in [1.29, 1.82) is 0 Å². The standard InChI is InChI=1S/C25H25N3O3S/c1-3-31-20-11-9-19(10-12-20)22-17(2)32-24-23(22)25(30)28(16-27-24)15-21(29)26-14-13-18-7-5-4-6-8-18/h4-12,16H,3,13-15H2,1-2H3,(H,26,29). The number of hydrogen-bond acceptors (Lipinski definition) is 5. The van der Waals surface area contributed by atoms with Crippen molar-refractivity contribution in [3.63, 3.8) is 0 Å². The Morgan fingerprint density at radius 1 is 1.12 bits per heavy atom. The molecule has 0 spiro atoms. The average molecular weight is 448 g/mol. The molecule has 0 aliphatic rings. The third-order valence-electron chi connectivity index (χ3n) is 5.20. The lowest BCUT2D eigenvalue weighted by molar-refractivity contribution is -0.121. The summed E-state index contributed by atoms with van der Waals surface area (Å²) in [6, 6.07) is 17.7. The Balaban J connectivity index is 1.54. The van der Waals surface area contributed by atoms with Gasteiger partial charge in [-0.1, -0.05) is 42.5 Å². The second kappa shape index (κ2) is 9.78.